The summed E-state index contributed by atoms with van der Waals surface area (Å²) >= 11 is 1.74. The summed E-state index contributed by atoms with van der Waals surface area (Å²) in [5, 5.41) is 1.10. The molecule has 3 heteroatoms. The van der Waals surface area contributed by atoms with Gasteiger partial charge in [-0.25, -0.2) is 4.98 Å². The van der Waals surface area contributed by atoms with E-state index in [-0.39, 0.29) is 0 Å². The van der Waals surface area contributed by atoms with Gasteiger partial charge in [-0.3, -0.25) is 0 Å². The summed E-state index contributed by atoms with van der Waals surface area (Å²) in [6.07, 6.45) is 3.89. The quantitative estimate of drug-likeness (QED) is 0.714. The smallest absolute Gasteiger partial charge is 0.125 e. The number of nitrogens with zero attached hydrogens (tertiary/aromatic N) is 1. The number of thiazole rings is 1. The molecular weight excluding hydrogens is 168 g/mol. The van der Waals surface area contributed by atoms with Crippen molar-refractivity contribution in [3.05, 3.63) is 29.0 Å². The lowest BCUT2D eigenvalue weighted by Crippen LogP contribution is -1.73. The van der Waals surface area contributed by atoms with Gasteiger partial charge in [0.2, 0.25) is 0 Å². The second-order valence-corrected chi connectivity index (χ2v) is 3.96. The second kappa shape index (κ2) is 2.75. The zero-order valence-electron chi connectivity index (χ0n) is 7.09. The van der Waals surface area contributed by atoms with Gasteiger partial charge in [-0.15, -0.1) is 11.3 Å². The first-order chi connectivity index (χ1) is 5.77. The summed E-state index contributed by atoms with van der Waals surface area (Å²) < 4.78 is 0. The number of nitrogens with one attached hydrogen (secondary N) is 1. The Morgan fingerprint density at radius 3 is 2.75 bits per heavy atom. The number of aromatic nitrogens is 2. The van der Waals surface area contributed by atoms with Gasteiger partial charge in [0, 0.05) is 22.8 Å². The highest BCUT2D eigenvalue weighted by Crippen LogP contribution is 2.26. The van der Waals surface area contributed by atoms with Gasteiger partial charge in [0.25, 0.3) is 0 Å². The van der Waals surface area contributed by atoms with Crippen molar-refractivity contribution in [1.82, 2.24) is 9.97 Å². The van der Waals surface area contributed by atoms with Crippen molar-refractivity contribution < 1.29 is 0 Å². The summed E-state index contributed by atoms with van der Waals surface area (Å²) in [7, 11) is 0. The third kappa shape index (κ3) is 1.16. The second-order valence-electron chi connectivity index (χ2n) is 2.76. The first kappa shape index (κ1) is 7.55. The van der Waals surface area contributed by atoms with E-state index in [2.05, 4.69) is 16.9 Å². The Kier molecular flexibility index (Phi) is 1.73. The van der Waals surface area contributed by atoms with Crippen molar-refractivity contribution in [2.24, 2.45) is 0 Å². The van der Waals surface area contributed by atoms with E-state index in [9.17, 15) is 0 Å². The van der Waals surface area contributed by atoms with Crippen molar-refractivity contribution in [3.8, 4) is 10.6 Å². The zero-order valence-corrected chi connectivity index (χ0v) is 7.90. The van der Waals surface area contributed by atoms with Crippen LogP contribution >= 0.6 is 11.3 Å². The van der Waals surface area contributed by atoms with E-state index in [1.54, 1.807) is 11.3 Å². The summed E-state index contributed by atoms with van der Waals surface area (Å²) in [4.78, 5) is 8.77. The van der Waals surface area contributed by atoms with Gasteiger partial charge in [0.15, 0.2) is 0 Å². The predicted octanol–water partition coefficient (Wildman–Crippen LogP) is 2.76. The highest BCUT2D eigenvalue weighted by molar-refractivity contribution is 7.15. The van der Waals surface area contributed by atoms with E-state index >= 15 is 0 Å². The van der Waals surface area contributed by atoms with Crippen LogP contribution in [0.25, 0.3) is 10.6 Å². The van der Waals surface area contributed by atoms with E-state index < -0.39 is 0 Å². The first-order valence-electron chi connectivity index (χ1n) is 3.84. The monoisotopic (exact) mass is 178 g/mol. The molecule has 0 radical (unpaired) electrons. The maximum Gasteiger partial charge on any atom is 0.125 e. The maximum atomic E-state index is 4.45. The standard InChI is InChI=1S/C9H10N2S/c1-6-7(2)12-9(11-6)8-3-4-10-5-8/h3-5,10H,1-2H3. The van der Waals surface area contributed by atoms with Crippen molar-refractivity contribution in [2.75, 3.05) is 0 Å². The van der Waals surface area contributed by atoms with Crippen LogP contribution in [0.4, 0.5) is 0 Å². The molecule has 0 amide bonds. The van der Waals surface area contributed by atoms with Gasteiger partial charge in [-0.2, -0.15) is 0 Å². The van der Waals surface area contributed by atoms with Crippen LogP contribution in [0.1, 0.15) is 10.6 Å². The lowest BCUT2D eigenvalue weighted by molar-refractivity contribution is 1.23. The molecule has 2 nitrogen and oxygen atoms in total. The molecule has 0 bridgehead atoms. The Hall–Kier alpha value is -1.09. The number of rotatable bonds is 1. The van der Waals surface area contributed by atoms with Gasteiger partial charge in [0.1, 0.15) is 5.01 Å². The average Bonchev–Trinajstić information content (AvgIpc) is 2.61. The molecule has 12 heavy (non-hydrogen) atoms. The summed E-state index contributed by atoms with van der Waals surface area (Å²) in [5.74, 6) is 0. The van der Waals surface area contributed by atoms with Crippen molar-refractivity contribution >= 4 is 11.3 Å². The SMILES string of the molecule is Cc1nc(-c2cc[nH]c2)sc1C. The number of aryl methyl sites for hydroxylation is 2. The van der Waals surface area contributed by atoms with Crippen LogP contribution in [0.2, 0.25) is 0 Å². The van der Waals surface area contributed by atoms with E-state index in [1.807, 2.05) is 25.4 Å². The lowest BCUT2D eigenvalue weighted by Gasteiger charge is -1.84. The van der Waals surface area contributed by atoms with E-state index in [0.717, 1.165) is 10.7 Å². The fraction of sp³-hybridized carbons (Fsp3) is 0.222. The molecule has 2 aromatic heterocycles. The Morgan fingerprint density at radius 1 is 1.42 bits per heavy atom. The lowest BCUT2D eigenvalue weighted by atomic mass is 10.3. The van der Waals surface area contributed by atoms with Gasteiger partial charge in [-0.05, 0) is 19.9 Å². The maximum absolute atomic E-state index is 4.45. The summed E-state index contributed by atoms with van der Waals surface area (Å²) in [5.41, 5.74) is 2.31. The minimum Gasteiger partial charge on any atom is -0.367 e. The summed E-state index contributed by atoms with van der Waals surface area (Å²) in [6.45, 7) is 4.14. The van der Waals surface area contributed by atoms with Crippen LogP contribution in [-0.4, -0.2) is 9.97 Å². The van der Waals surface area contributed by atoms with Crippen molar-refractivity contribution in [1.29, 1.82) is 0 Å². The third-order valence-electron chi connectivity index (χ3n) is 1.87. The van der Waals surface area contributed by atoms with E-state index in [1.165, 1.54) is 10.4 Å². The van der Waals surface area contributed by atoms with Gasteiger partial charge in [0.05, 0.1) is 5.69 Å². The fourth-order valence-electron chi connectivity index (χ4n) is 1.05. The van der Waals surface area contributed by atoms with Crippen LogP contribution in [0.15, 0.2) is 18.5 Å². The largest absolute Gasteiger partial charge is 0.367 e. The van der Waals surface area contributed by atoms with Crippen LogP contribution in [0.5, 0.6) is 0 Å². The Balaban J connectivity index is 2.48. The highest BCUT2D eigenvalue weighted by Gasteiger charge is 2.05. The molecule has 0 unspecified atom stereocenters. The molecule has 62 valence electrons. The van der Waals surface area contributed by atoms with E-state index in [4.69, 9.17) is 0 Å². The van der Waals surface area contributed by atoms with Gasteiger partial charge >= 0.3 is 0 Å². The minimum absolute atomic E-state index is 1.10. The molecule has 2 heterocycles. The minimum atomic E-state index is 1.10. The first-order valence-corrected chi connectivity index (χ1v) is 4.66. The molecule has 0 aliphatic heterocycles. The van der Waals surface area contributed by atoms with Crippen molar-refractivity contribution in [3.63, 3.8) is 0 Å². The van der Waals surface area contributed by atoms with Crippen LogP contribution in [-0.2, 0) is 0 Å². The molecule has 0 aliphatic carbocycles. The third-order valence-corrected chi connectivity index (χ3v) is 3.00. The van der Waals surface area contributed by atoms with Crippen LogP contribution in [0.3, 0.4) is 0 Å². The number of H-pyrrole nitrogens is 1. The Morgan fingerprint density at radius 2 is 2.25 bits per heavy atom. The molecule has 0 saturated carbocycles. The molecule has 0 saturated heterocycles. The molecule has 2 rings (SSSR count). The molecule has 0 aliphatic rings. The normalized spacial score (nSPS) is 10.5. The van der Waals surface area contributed by atoms with Crippen LogP contribution in [0, 0.1) is 13.8 Å². The molecule has 1 N–H and O–H groups in total. The number of hydrogen-bond acceptors (Lipinski definition) is 2. The fourth-order valence-corrected chi connectivity index (χ4v) is 1.96. The molecular formula is C9H10N2S. The Labute approximate surface area is 75.3 Å². The Bertz CT molecular complexity index is 354. The molecule has 0 atom stereocenters. The molecule has 0 aromatic carbocycles. The van der Waals surface area contributed by atoms with E-state index in [0.29, 0.717) is 0 Å². The molecule has 0 fully saturated rings. The average molecular weight is 178 g/mol. The van der Waals surface area contributed by atoms with Crippen molar-refractivity contribution in [2.45, 2.75) is 13.8 Å². The number of aromatic amines is 1. The molecule has 0 spiro atoms. The highest BCUT2D eigenvalue weighted by atomic mass is 32.1. The predicted molar refractivity (Wildman–Crippen MR) is 51.4 cm³/mol. The van der Waals surface area contributed by atoms with Gasteiger partial charge in [-0.1, -0.05) is 0 Å². The number of hydrogen-bond donors (Lipinski definition) is 1. The van der Waals surface area contributed by atoms with Crippen LogP contribution < -0.4 is 0 Å². The topological polar surface area (TPSA) is 28.7 Å². The summed E-state index contributed by atoms with van der Waals surface area (Å²) in [6, 6.07) is 2.04. The zero-order chi connectivity index (χ0) is 8.55. The molecule has 2 aromatic rings. The van der Waals surface area contributed by atoms with Gasteiger partial charge < -0.3 is 4.98 Å².